The van der Waals surface area contributed by atoms with Gasteiger partial charge in [0.15, 0.2) is 0 Å². The Kier molecular flexibility index (Phi) is 5.10. The minimum Gasteiger partial charge on any atom is -0.550 e. The van der Waals surface area contributed by atoms with E-state index >= 15 is 0 Å². The number of nitrogens with one attached hydrogen (secondary N) is 3. The fraction of sp³-hybridized carbons (Fsp3) is 0.600. The first-order chi connectivity index (χ1) is 8.90. The summed E-state index contributed by atoms with van der Waals surface area (Å²) in [5.74, 6) is -2.23. The van der Waals surface area contributed by atoms with Crippen LogP contribution in [0.15, 0.2) is 0 Å². The zero-order valence-corrected chi connectivity index (χ0v) is 10.3. The van der Waals surface area contributed by atoms with Crippen LogP contribution in [0.2, 0.25) is 0 Å². The molecule has 2 amide bonds. The minimum absolute atomic E-state index is 0.0890. The third kappa shape index (κ3) is 4.82. The Morgan fingerprint density at radius 3 is 2.37 bits per heavy atom. The second-order valence-corrected chi connectivity index (χ2v) is 4.22. The number of carboxylic acid groups (broad SMARTS) is 1. The number of hydrogen-bond acceptors (Lipinski definition) is 4. The van der Waals surface area contributed by atoms with Crippen LogP contribution < -0.4 is 32.2 Å². The van der Waals surface area contributed by atoms with Crippen LogP contribution in [-0.2, 0) is 14.4 Å². The van der Waals surface area contributed by atoms with E-state index in [0.717, 1.165) is 0 Å². The molecule has 1 fully saturated rings. The van der Waals surface area contributed by atoms with Gasteiger partial charge in [-0.05, 0) is 12.8 Å². The van der Waals surface area contributed by atoms with E-state index in [4.69, 9.17) is 11.5 Å². The van der Waals surface area contributed by atoms with Crippen LogP contribution in [0.1, 0.15) is 19.3 Å². The number of guanidine groups is 1. The average Bonchev–Trinajstić information content (AvgIpc) is 2.29. The lowest BCUT2D eigenvalue weighted by Crippen LogP contribution is -2.78. The van der Waals surface area contributed by atoms with Crippen molar-refractivity contribution in [3.63, 3.8) is 0 Å². The van der Waals surface area contributed by atoms with E-state index in [0.29, 0.717) is 19.4 Å². The van der Waals surface area contributed by atoms with Gasteiger partial charge in [0, 0.05) is 12.4 Å². The maximum Gasteiger partial charge on any atom is 0.338 e. The molecule has 0 aromatic rings. The van der Waals surface area contributed by atoms with Crippen LogP contribution in [0, 0.1) is 0 Å². The minimum atomic E-state index is -1.39. The van der Waals surface area contributed by atoms with E-state index in [1.54, 1.807) is 0 Å². The third-order valence-corrected chi connectivity index (χ3v) is 2.64. The summed E-state index contributed by atoms with van der Waals surface area (Å²) in [5.41, 5.74) is 10.4. The molecule has 9 heteroatoms. The topological polar surface area (TPSA) is 164 Å². The molecular formula is C10H17N5O4. The van der Waals surface area contributed by atoms with Gasteiger partial charge in [-0.15, -0.1) is 0 Å². The summed E-state index contributed by atoms with van der Waals surface area (Å²) >= 11 is 0. The Balaban J connectivity index is 2.43. The molecule has 0 saturated carbocycles. The normalized spacial score (nSPS) is 22.3. The summed E-state index contributed by atoms with van der Waals surface area (Å²) in [6.07, 6.45) is 0.432. The molecule has 7 N–H and O–H groups in total. The molecule has 0 aromatic carbocycles. The average molecular weight is 271 g/mol. The molecular weight excluding hydrogens is 254 g/mol. The van der Waals surface area contributed by atoms with Gasteiger partial charge in [0.05, 0.1) is 6.54 Å². The van der Waals surface area contributed by atoms with E-state index in [1.807, 2.05) is 0 Å². The fourth-order valence-electron chi connectivity index (χ4n) is 1.73. The fourth-order valence-corrected chi connectivity index (χ4v) is 1.73. The number of carbonyl (C=O) groups is 3. The monoisotopic (exact) mass is 271 g/mol. The summed E-state index contributed by atoms with van der Waals surface area (Å²) < 4.78 is 0. The van der Waals surface area contributed by atoms with Crippen LogP contribution in [-0.4, -0.2) is 42.4 Å². The first-order valence-corrected chi connectivity index (χ1v) is 5.82. The van der Waals surface area contributed by atoms with Gasteiger partial charge in [0.1, 0.15) is 12.1 Å². The number of nitrogens with two attached hydrogens (primary N) is 2. The zero-order chi connectivity index (χ0) is 14.4. The summed E-state index contributed by atoms with van der Waals surface area (Å²) in [6, 6.07) is -1.74. The van der Waals surface area contributed by atoms with Crippen molar-refractivity contribution in [1.29, 1.82) is 0 Å². The lowest BCUT2D eigenvalue weighted by molar-refractivity contribution is -0.459. The highest BCUT2D eigenvalue weighted by molar-refractivity contribution is 5.98. The largest absolute Gasteiger partial charge is 0.550 e. The van der Waals surface area contributed by atoms with Crippen molar-refractivity contribution in [3.8, 4) is 0 Å². The Morgan fingerprint density at radius 2 is 1.79 bits per heavy atom. The van der Waals surface area contributed by atoms with Gasteiger partial charge in [0.25, 0.3) is 0 Å². The highest BCUT2D eigenvalue weighted by atomic mass is 16.4. The molecule has 0 aliphatic carbocycles. The molecule has 1 rings (SSSR count). The number of rotatable bonds is 6. The summed E-state index contributed by atoms with van der Waals surface area (Å²) in [5, 5.41) is 15.2. The van der Waals surface area contributed by atoms with E-state index in [2.05, 4.69) is 15.6 Å². The predicted molar refractivity (Wildman–Crippen MR) is 61.9 cm³/mol. The molecule has 1 aliphatic heterocycles. The molecule has 106 valence electrons. The van der Waals surface area contributed by atoms with Gasteiger partial charge in [-0.1, -0.05) is 0 Å². The standard InChI is InChI=1S/C10H17N5O4/c11-10(12)13-3-1-2-5-8(18)15-6(4-7(16)17)9(19)14-5/h5-6H,1-4H2,(H,14,19)(H,15,18)(H,16,17)(H4,11,12,13)/t5-,6-/m0/s1. The molecule has 1 heterocycles. The highest BCUT2D eigenvalue weighted by Crippen LogP contribution is 2.05. The highest BCUT2D eigenvalue weighted by Gasteiger charge is 2.32. The zero-order valence-electron chi connectivity index (χ0n) is 10.3. The Morgan fingerprint density at radius 1 is 1.21 bits per heavy atom. The summed E-state index contributed by atoms with van der Waals surface area (Å²) in [7, 11) is 0. The van der Waals surface area contributed by atoms with Gasteiger partial charge in [-0.25, -0.2) is 0 Å². The maximum atomic E-state index is 11.6. The maximum absolute atomic E-state index is 11.6. The van der Waals surface area contributed by atoms with Gasteiger partial charge in [-0.2, -0.15) is 0 Å². The molecule has 9 nitrogen and oxygen atoms in total. The van der Waals surface area contributed by atoms with E-state index < -0.39 is 36.3 Å². The molecule has 1 saturated heterocycles. The second kappa shape index (κ2) is 6.57. The lowest BCUT2D eigenvalue weighted by atomic mass is 10.0. The molecule has 19 heavy (non-hydrogen) atoms. The van der Waals surface area contributed by atoms with Crippen molar-refractivity contribution < 1.29 is 24.5 Å². The summed E-state index contributed by atoms with van der Waals surface area (Å²) in [6.45, 7) is 0.477. The number of aliphatic carboxylic acids is 1. The van der Waals surface area contributed by atoms with Crippen molar-refractivity contribution in [2.75, 3.05) is 6.54 Å². The first kappa shape index (κ1) is 14.7. The van der Waals surface area contributed by atoms with Crippen LogP contribution in [0.25, 0.3) is 0 Å². The van der Waals surface area contributed by atoms with E-state index in [-0.39, 0.29) is 5.96 Å². The van der Waals surface area contributed by atoms with E-state index in [9.17, 15) is 19.5 Å². The molecule has 1 aliphatic rings. The molecule has 0 aromatic heterocycles. The van der Waals surface area contributed by atoms with Crippen molar-refractivity contribution in [1.82, 2.24) is 10.6 Å². The van der Waals surface area contributed by atoms with Crippen LogP contribution in [0.4, 0.5) is 0 Å². The van der Waals surface area contributed by atoms with Crippen molar-refractivity contribution in [2.24, 2.45) is 11.5 Å². The Labute approximate surface area is 109 Å². The second-order valence-electron chi connectivity index (χ2n) is 4.22. The Bertz CT molecular complexity index is 405. The number of hydrogen-bond donors (Lipinski definition) is 5. The molecule has 0 spiro atoms. The molecule has 0 bridgehead atoms. The Hall–Kier alpha value is -2.32. The smallest absolute Gasteiger partial charge is 0.338 e. The van der Waals surface area contributed by atoms with Crippen molar-refractivity contribution in [2.45, 2.75) is 31.3 Å². The molecule has 0 unspecified atom stereocenters. The van der Waals surface area contributed by atoms with Gasteiger partial charge in [0.2, 0.25) is 11.8 Å². The number of amides is 2. The third-order valence-electron chi connectivity index (χ3n) is 2.64. The van der Waals surface area contributed by atoms with Gasteiger partial charge < -0.3 is 20.5 Å². The quantitative estimate of drug-likeness (QED) is 0.183. The lowest BCUT2D eigenvalue weighted by Gasteiger charge is -2.29. The van der Waals surface area contributed by atoms with Crippen LogP contribution >= 0.6 is 0 Å². The molecule has 0 radical (unpaired) electrons. The van der Waals surface area contributed by atoms with Crippen molar-refractivity contribution >= 4 is 23.7 Å². The molecule has 2 atom stereocenters. The number of piperazine rings is 1. The van der Waals surface area contributed by atoms with Crippen molar-refractivity contribution in [3.05, 3.63) is 0 Å². The predicted octanol–water partition coefficient (Wildman–Crippen LogP) is -5.76. The van der Waals surface area contributed by atoms with Crippen LogP contribution in [0.3, 0.4) is 0 Å². The first-order valence-electron chi connectivity index (χ1n) is 5.82. The van der Waals surface area contributed by atoms with Crippen LogP contribution in [0.5, 0.6) is 0 Å². The van der Waals surface area contributed by atoms with E-state index in [1.165, 1.54) is 0 Å². The number of carbonyl (C=O) groups excluding carboxylic acids is 3. The van der Waals surface area contributed by atoms with Gasteiger partial charge >= 0.3 is 5.96 Å². The number of carboxylic acids is 1. The van der Waals surface area contributed by atoms with Gasteiger partial charge in [-0.3, -0.25) is 26.0 Å². The SMILES string of the molecule is NC(N)=[NH+]CCC[C@@H]1NC(=O)[C@H](CC(=O)[O-])NC1=O. The summed E-state index contributed by atoms with van der Waals surface area (Å²) in [4.78, 5) is 36.3.